The van der Waals surface area contributed by atoms with Gasteiger partial charge in [-0.1, -0.05) is 6.07 Å². The molecule has 8 heteroatoms. The highest BCUT2D eigenvalue weighted by Gasteiger charge is 2.51. The van der Waals surface area contributed by atoms with Crippen molar-refractivity contribution in [3.8, 4) is 0 Å². The second kappa shape index (κ2) is 6.95. The third-order valence-electron chi connectivity index (χ3n) is 6.70. The Balaban J connectivity index is 1.27. The summed E-state index contributed by atoms with van der Waals surface area (Å²) in [6, 6.07) is 6.10. The number of nitrogens with zero attached hydrogens (tertiary/aromatic N) is 2. The van der Waals surface area contributed by atoms with Gasteiger partial charge in [0.25, 0.3) is 5.91 Å². The zero-order valence-corrected chi connectivity index (χ0v) is 16.1. The van der Waals surface area contributed by atoms with E-state index in [1.54, 1.807) is 12.1 Å². The number of carbonyl (C=O) groups is 2. The monoisotopic (exact) mass is 396 g/mol. The fourth-order valence-electron chi connectivity index (χ4n) is 5.88. The fraction of sp³-hybridized carbons (Fsp3) is 0.524. The zero-order valence-electron chi connectivity index (χ0n) is 16.1. The van der Waals surface area contributed by atoms with Crippen molar-refractivity contribution in [2.75, 3.05) is 5.32 Å². The molecule has 6 rings (SSSR count). The van der Waals surface area contributed by atoms with Gasteiger partial charge in [0.05, 0.1) is 17.8 Å². The van der Waals surface area contributed by atoms with Gasteiger partial charge in [-0.3, -0.25) is 4.79 Å². The minimum atomic E-state index is -1.05. The Bertz CT molecular complexity index is 918. The van der Waals surface area contributed by atoms with E-state index in [0.717, 1.165) is 37.0 Å². The molecule has 0 radical (unpaired) electrons. The number of carboxylic acid groups (broad SMARTS) is 1. The molecule has 29 heavy (non-hydrogen) atoms. The smallest absolute Gasteiger partial charge is 0.335 e. The number of aromatic carboxylic acids is 1. The summed E-state index contributed by atoms with van der Waals surface area (Å²) in [4.78, 5) is 23.8. The van der Waals surface area contributed by atoms with Crippen LogP contribution in [0, 0.1) is 17.8 Å². The van der Waals surface area contributed by atoms with Crippen LogP contribution in [0.5, 0.6) is 0 Å². The van der Waals surface area contributed by atoms with E-state index in [4.69, 9.17) is 9.84 Å². The minimum absolute atomic E-state index is 0.0722. The number of nitrogens with one attached hydrogen (secondary N) is 2. The highest BCUT2D eigenvalue weighted by molar-refractivity contribution is 6.04. The fourth-order valence-corrected chi connectivity index (χ4v) is 5.88. The van der Waals surface area contributed by atoms with E-state index in [9.17, 15) is 9.59 Å². The molecule has 0 spiro atoms. The highest BCUT2D eigenvalue weighted by Crippen LogP contribution is 2.57. The molecular formula is C21H24N4O4. The van der Waals surface area contributed by atoms with Crippen molar-refractivity contribution in [1.82, 2.24) is 15.4 Å². The lowest BCUT2D eigenvalue weighted by Gasteiger charge is -2.56. The Morgan fingerprint density at radius 2 is 1.83 bits per heavy atom. The average molecular weight is 396 g/mol. The summed E-state index contributed by atoms with van der Waals surface area (Å²) in [5.74, 6) is 0.853. The average Bonchev–Trinajstić information content (AvgIpc) is 3.14. The van der Waals surface area contributed by atoms with Crippen LogP contribution in [-0.4, -0.2) is 38.0 Å². The molecule has 1 aromatic heterocycles. The summed E-state index contributed by atoms with van der Waals surface area (Å²) < 4.78 is 6.40. The van der Waals surface area contributed by atoms with Crippen molar-refractivity contribution in [3.63, 3.8) is 0 Å². The second-order valence-electron chi connectivity index (χ2n) is 8.85. The van der Waals surface area contributed by atoms with E-state index in [1.165, 1.54) is 31.4 Å². The number of anilines is 1. The van der Waals surface area contributed by atoms with Crippen LogP contribution in [0.1, 0.15) is 65.1 Å². The molecule has 0 atom stereocenters. The second-order valence-corrected chi connectivity index (χ2v) is 8.85. The number of H-pyrrole nitrogens is 1. The molecular weight excluding hydrogens is 372 g/mol. The third kappa shape index (κ3) is 3.53. The van der Waals surface area contributed by atoms with Gasteiger partial charge in [0.2, 0.25) is 0 Å². The maximum atomic E-state index is 12.7. The SMILES string of the molecule is O=C(O)c1cccc(NC(=O)c2n[nH]nc2COC23CC4CC(CC(C4)C2)C3)c1. The van der Waals surface area contributed by atoms with E-state index < -0.39 is 11.9 Å². The predicted octanol–water partition coefficient (Wildman–Crippen LogP) is 3.24. The summed E-state index contributed by atoms with van der Waals surface area (Å²) >= 11 is 0. The summed E-state index contributed by atoms with van der Waals surface area (Å²) in [6.07, 6.45) is 7.36. The van der Waals surface area contributed by atoms with Gasteiger partial charge in [-0.25, -0.2) is 4.79 Å². The molecule has 1 heterocycles. The summed E-state index contributed by atoms with van der Waals surface area (Å²) in [5, 5.41) is 22.4. The van der Waals surface area contributed by atoms with Crippen molar-refractivity contribution in [2.45, 2.75) is 50.7 Å². The molecule has 4 aliphatic carbocycles. The number of hydrogen-bond donors (Lipinski definition) is 3. The molecule has 4 aliphatic rings. The van der Waals surface area contributed by atoms with Gasteiger partial charge in [-0.15, -0.1) is 0 Å². The maximum absolute atomic E-state index is 12.7. The molecule has 0 saturated heterocycles. The first-order chi connectivity index (χ1) is 14.0. The number of aromatic amines is 1. The number of carboxylic acids is 1. The normalized spacial score (nSPS) is 29.7. The lowest BCUT2D eigenvalue weighted by Crippen LogP contribution is -2.51. The molecule has 4 bridgehead atoms. The largest absolute Gasteiger partial charge is 0.478 e. The number of benzene rings is 1. The first-order valence-electron chi connectivity index (χ1n) is 10.2. The van der Waals surface area contributed by atoms with Crippen molar-refractivity contribution in [2.24, 2.45) is 17.8 Å². The van der Waals surface area contributed by atoms with Gasteiger partial charge in [-0.05, 0) is 74.5 Å². The molecule has 1 amide bonds. The van der Waals surface area contributed by atoms with Crippen LogP contribution in [-0.2, 0) is 11.3 Å². The predicted molar refractivity (Wildman–Crippen MR) is 103 cm³/mol. The van der Waals surface area contributed by atoms with Gasteiger partial charge in [0.15, 0.2) is 5.69 Å². The van der Waals surface area contributed by atoms with E-state index in [-0.39, 0.29) is 23.5 Å². The number of hydrogen-bond acceptors (Lipinski definition) is 5. The molecule has 0 unspecified atom stereocenters. The Hall–Kier alpha value is -2.74. The van der Waals surface area contributed by atoms with Crippen LogP contribution in [0.25, 0.3) is 0 Å². The van der Waals surface area contributed by atoms with Crippen molar-refractivity contribution in [1.29, 1.82) is 0 Å². The summed E-state index contributed by atoms with van der Waals surface area (Å²) in [5.41, 5.74) is 1.08. The van der Waals surface area contributed by atoms with Crippen molar-refractivity contribution >= 4 is 17.6 Å². The molecule has 4 fully saturated rings. The summed E-state index contributed by atoms with van der Waals surface area (Å²) in [6.45, 7) is 0.251. The first kappa shape index (κ1) is 18.3. The van der Waals surface area contributed by atoms with Gasteiger partial charge >= 0.3 is 5.97 Å². The van der Waals surface area contributed by atoms with Crippen molar-refractivity contribution in [3.05, 3.63) is 41.2 Å². The molecule has 0 aliphatic heterocycles. The van der Waals surface area contributed by atoms with E-state index in [2.05, 4.69) is 20.7 Å². The standard InChI is InChI=1S/C21H24N4O4/c26-19(22-16-3-1-2-15(7-16)20(27)28)18-17(23-25-24-18)11-29-21-8-12-4-13(9-21)6-14(5-12)10-21/h1-3,7,12-14H,4-6,8-11H2,(H,22,26)(H,27,28)(H,23,24,25). The van der Waals surface area contributed by atoms with Gasteiger partial charge in [0, 0.05) is 5.69 Å². The molecule has 3 N–H and O–H groups in total. The van der Waals surface area contributed by atoms with Crippen LogP contribution >= 0.6 is 0 Å². The minimum Gasteiger partial charge on any atom is -0.478 e. The summed E-state index contributed by atoms with van der Waals surface area (Å²) in [7, 11) is 0. The van der Waals surface area contributed by atoms with Crippen molar-refractivity contribution < 1.29 is 19.4 Å². The lowest BCUT2D eigenvalue weighted by atomic mass is 9.54. The Kier molecular flexibility index (Phi) is 4.38. The molecule has 4 saturated carbocycles. The van der Waals surface area contributed by atoms with E-state index in [1.807, 2.05) is 0 Å². The Morgan fingerprint density at radius 1 is 1.14 bits per heavy atom. The lowest BCUT2D eigenvalue weighted by molar-refractivity contribution is -0.169. The molecule has 1 aromatic carbocycles. The molecule has 8 nitrogen and oxygen atoms in total. The number of ether oxygens (including phenoxy) is 1. The zero-order chi connectivity index (χ0) is 20.0. The molecule has 2 aromatic rings. The third-order valence-corrected chi connectivity index (χ3v) is 6.70. The first-order valence-corrected chi connectivity index (χ1v) is 10.2. The topological polar surface area (TPSA) is 117 Å². The van der Waals surface area contributed by atoms with E-state index >= 15 is 0 Å². The number of amides is 1. The van der Waals surface area contributed by atoms with Gasteiger partial charge < -0.3 is 15.2 Å². The number of rotatable bonds is 6. The maximum Gasteiger partial charge on any atom is 0.335 e. The van der Waals surface area contributed by atoms with Crippen LogP contribution in [0.15, 0.2) is 24.3 Å². The quantitative estimate of drug-likeness (QED) is 0.690. The van der Waals surface area contributed by atoms with Gasteiger partial charge in [-0.2, -0.15) is 15.4 Å². The van der Waals surface area contributed by atoms with E-state index in [0.29, 0.717) is 11.4 Å². The molecule has 152 valence electrons. The highest BCUT2D eigenvalue weighted by atomic mass is 16.5. The van der Waals surface area contributed by atoms with Crippen LogP contribution in [0.4, 0.5) is 5.69 Å². The van der Waals surface area contributed by atoms with Crippen LogP contribution in [0.2, 0.25) is 0 Å². The van der Waals surface area contributed by atoms with Crippen LogP contribution < -0.4 is 5.32 Å². The Morgan fingerprint density at radius 3 is 2.48 bits per heavy atom. The van der Waals surface area contributed by atoms with Crippen LogP contribution in [0.3, 0.4) is 0 Å². The number of aromatic nitrogens is 3. The number of carbonyl (C=O) groups excluding carboxylic acids is 1. The van der Waals surface area contributed by atoms with Gasteiger partial charge in [0.1, 0.15) is 5.69 Å². The Labute approximate surface area is 168 Å².